The Kier molecular flexibility index (Phi) is 9.12. The van der Waals surface area contributed by atoms with Gasteiger partial charge in [-0.2, -0.15) is 5.26 Å². The third-order valence-corrected chi connectivity index (χ3v) is 7.14. The molecule has 0 spiro atoms. The number of anilines is 2. The molecule has 3 aromatic rings. The zero-order chi connectivity index (χ0) is 27.3. The summed E-state index contributed by atoms with van der Waals surface area (Å²) in [4.78, 5) is 24.6. The second-order valence-electron chi connectivity index (χ2n) is 8.70. The average molecular weight is 544 g/mol. The highest BCUT2D eigenvalue weighted by atomic mass is 32.2. The number of alkyl halides is 2. The molecule has 1 aromatic heterocycles. The number of carbonyl (C=O) groups excluding carboxylic acids is 1. The molecule has 11 heteroatoms. The zero-order valence-electron chi connectivity index (χ0n) is 20.9. The van der Waals surface area contributed by atoms with Crippen molar-refractivity contribution < 1.29 is 18.7 Å². The normalized spacial score (nSPS) is 11.4. The number of thiocarbonyl (C=S) groups is 1. The molecule has 1 heterocycles. The highest BCUT2D eigenvalue weighted by Crippen LogP contribution is 2.34. The number of hydrogen-bond acceptors (Lipinski definition) is 7. The van der Waals surface area contributed by atoms with E-state index in [1.807, 2.05) is 19.1 Å². The Balaban J connectivity index is 2.13. The Bertz CT molecular complexity index is 1360. The molecule has 0 unspecified atom stereocenters. The van der Waals surface area contributed by atoms with Gasteiger partial charge in [-0.25, -0.2) is 18.7 Å². The van der Waals surface area contributed by atoms with E-state index in [4.69, 9.17) is 12.2 Å². The van der Waals surface area contributed by atoms with E-state index in [9.17, 15) is 23.9 Å². The second kappa shape index (κ2) is 11.9. The number of carbonyl (C=O) groups is 1. The molecule has 3 rings (SSSR count). The van der Waals surface area contributed by atoms with E-state index < -0.39 is 17.5 Å². The Morgan fingerprint density at radius 2 is 1.95 bits per heavy atom. The van der Waals surface area contributed by atoms with E-state index >= 15 is 0 Å². The Morgan fingerprint density at radius 3 is 2.54 bits per heavy atom. The molecule has 1 N–H and O–H groups in total. The Labute approximate surface area is 224 Å². The minimum absolute atomic E-state index is 0.0122. The van der Waals surface area contributed by atoms with Crippen molar-refractivity contribution in [2.75, 3.05) is 29.2 Å². The van der Waals surface area contributed by atoms with E-state index in [0.717, 1.165) is 11.7 Å². The van der Waals surface area contributed by atoms with Crippen LogP contribution in [0.5, 0.6) is 0 Å². The number of benzene rings is 2. The van der Waals surface area contributed by atoms with E-state index in [1.54, 1.807) is 37.9 Å². The van der Waals surface area contributed by atoms with Crippen LogP contribution in [0.15, 0.2) is 41.4 Å². The molecule has 0 bridgehead atoms. The monoisotopic (exact) mass is 543 g/mol. The SMILES string of the molecule is CCc1nc(SCCO)c2cc(N(C(=S)N(C)c3ccc(C#N)c(C(F)F)c3)C(C)(C)C=O)ccc2n1. The molecule has 0 aliphatic rings. The standard InChI is InChI=1S/C26H27F2N5O2S2/c1-5-22-30-21-9-8-18(13-20(21)24(31-22)37-11-10-34)33(26(2,3)15-35)25(36)32(4)17-7-6-16(14-29)19(12-17)23(27)28/h6-9,12-13,15,23,34H,5,10-11H2,1-4H3. The number of nitriles is 1. The number of aliphatic hydroxyl groups is 1. The molecular weight excluding hydrogens is 516 g/mol. The summed E-state index contributed by atoms with van der Waals surface area (Å²) in [6, 6.07) is 11.3. The van der Waals surface area contributed by atoms with Crippen LogP contribution in [0, 0.1) is 11.3 Å². The number of aldehydes is 1. The fourth-order valence-corrected chi connectivity index (χ4v) is 4.95. The first kappa shape index (κ1) is 28.4. The van der Waals surface area contributed by atoms with Gasteiger partial charge in [0.2, 0.25) is 0 Å². The van der Waals surface area contributed by atoms with E-state index in [1.165, 1.54) is 34.9 Å². The highest BCUT2D eigenvalue weighted by Gasteiger charge is 2.32. The number of rotatable bonds is 9. The average Bonchev–Trinajstić information content (AvgIpc) is 2.90. The van der Waals surface area contributed by atoms with Crippen LogP contribution in [-0.4, -0.2) is 51.4 Å². The van der Waals surface area contributed by atoms with Gasteiger partial charge in [0.1, 0.15) is 17.1 Å². The molecule has 0 amide bonds. The van der Waals surface area contributed by atoms with Crippen LogP contribution in [0.3, 0.4) is 0 Å². The molecule has 0 fully saturated rings. The van der Waals surface area contributed by atoms with Crippen molar-refractivity contribution in [1.29, 1.82) is 5.26 Å². The fourth-order valence-electron chi connectivity index (χ4n) is 3.73. The summed E-state index contributed by atoms with van der Waals surface area (Å²) in [5.41, 5.74) is 0.0467. The topological polar surface area (TPSA) is 93.4 Å². The first-order valence-corrected chi connectivity index (χ1v) is 12.9. The third-order valence-electron chi connectivity index (χ3n) is 5.72. The molecular formula is C26H27F2N5O2S2. The summed E-state index contributed by atoms with van der Waals surface area (Å²) in [6.07, 6.45) is -1.42. The van der Waals surface area contributed by atoms with Crippen molar-refractivity contribution in [2.24, 2.45) is 0 Å². The maximum absolute atomic E-state index is 13.6. The minimum atomic E-state index is -2.83. The van der Waals surface area contributed by atoms with Crippen LogP contribution in [0.1, 0.15) is 44.1 Å². The number of fused-ring (bicyclic) bond motifs is 1. The van der Waals surface area contributed by atoms with Gasteiger partial charge in [-0.15, -0.1) is 11.8 Å². The molecule has 0 saturated carbocycles. The summed E-state index contributed by atoms with van der Waals surface area (Å²) < 4.78 is 27.1. The lowest BCUT2D eigenvalue weighted by Crippen LogP contribution is -2.54. The van der Waals surface area contributed by atoms with Gasteiger partial charge in [0.15, 0.2) is 5.11 Å². The highest BCUT2D eigenvalue weighted by molar-refractivity contribution is 7.99. The number of thioether (sulfide) groups is 1. The van der Waals surface area contributed by atoms with Gasteiger partial charge in [-0.05, 0) is 62.5 Å². The van der Waals surface area contributed by atoms with E-state index in [2.05, 4.69) is 9.97 Å². The lowest BCUT2D eigenvalue weighted by Gasteiger charge is -2.39. The number of halogens is 2. The first-order valence-electron chi connectivity index (χ1n) is 11.5. The Morgan fingerprint density at radius 1 is 1.24 bits per heavy atom. The van der Waals surface area contributed by atoms with Crippen molar-refractivity contribution in [3.63, 3.8) is 0 Å². The fraction of sp³-hybridized carbons (Fsp3) is 0.346. The second-order valence-corrected chi connectivity index (χ2v) is 10.2. The van der Waals surface area contributed by atoms with Crippen molar-refractivity contribution in [2.45, 2.75) is 44.2 Å². The summed E-state index contributed by atoms with van der Waals surface area (Å²) >= 11 is 7.19. The van der Waals surface area contributed by atoms with Crippen LogP contribution in [0.4, 0.5) is 20.2 Å². The zero-order valence-corrected chi connectivity index (χ0v) is 22.5. The number of aliphatic hydroxyl groups excluding tert-OH is 1. The maximum Gasteiger partial charge on any atom is 0.265 e. The third kappa shape index (κ3) is 6.04. The van der Waals surface area contributed by atoms with Crippen molar-refractivity contribution >= 4 is 57.7 Å². The molecule has 2 aromatic carbocycles. The maximum atomic E-state index is 13.6. The molecule has 0 saturated heterocycles. The number of nitrogens with zero attached hydrogens (tertiary/aromatic N) is 5. The predicted molar refractivity (Wildman–Crippen MR) is 146 cm³/mol. The van der Waals surface area contributed by atoms with Crippen LogP contribution in [0.2, 0.25) is 0 Å². The minimum Gasteiger partial charge on any atom is -0.396 e. The lowest BCUT2D eigenvalue weighted by atomic mass is 10.0. The lowest BCUT2D eigenvalue weighted by molar-refractivity contribution is -0.111. The molecule has 0 aliphatic heterocycles. The smallest absolute Gasteiger partial charge is 0.265 e. The summed E-state index contributed by atoms with van der Waals surface area (Å²) in [5, 5.41) is 20.2. The van der Waals surface area contributed by atoms with E-state index in [0.29, 0.717) is 39.9 Å². The van der Waals surface area contributed by atoms with Crippen molar-refractivity contribution in [3.8, 4) is 6.07 Å². The van der Waals surface area contributed by atoms with Gasteiger partial charge >= 0.3 is 0 Å². The first-order chi connectivity index (χ1) is 17.6. The van der Waals surface area contributed by atoms with Crippen LogP contribution >= 0.6 is 24.0 Å². The van der Waals surface area contributed by atoms with Gasteiger partial charge in [0.05, 0.1) is 29.3 Å². The van der Waals surface area contributed by atoms with Gasteiger partial charge in [-0.1, -0.05) is 6.92 Å². The van der Waals surface area contributed by atoms with Crippen molar-refractivity contribution in [1.82, 2.24) is 9.97 Å². The largest absolute Gasteiger partial charge is 0.396 e. The Hall–Kier alpha value is -3.20. The number of aryl methyl sites for hydroxylation is 1. The summed E-state index contributed by atoms with van der Waals surface area (Å²) in [5.74, 6) is 1.13. The summed E-state index contributed by atoms with van der Waals surface area (Å²) in [6.45, 7) is 5.35. The molecule has 194 valence electrons. The van der Waals surface area contributed by atoms with Gasteiger partial charge in [0, 0.05) is 41.5 Å². The van der Waals surface area contributed by atoms with Crippen LogP contribution in [0.25, 0.3) is 10.9 Å². The molecule has 37 heavy (non-hydrogen) atoms. The van der Waals surface area contributed by atoms with E-state index in [-0.39, 0.29) is 17.3 Å². The number of aromatic nitrogens is 2. The van der Waals surface area contributed by atoms with Crippen molar-refractivity contribution in [3.05, 3.63) is 53.3 Å². The predicted octanol–water partition coefficient (Wildman–Crippen LogP) is 5.29. The van der Waals surface area contributed by atoms with Gasteiger partial charge in [0.25, 0.3) is 6.43 Å². The van der Waals surface area contributed by atoms with Crippen LogP contribution in [-0.2, 0) is 11.2 Å². The molecule has 0 atom stereocenters. The van der Waals surface area contributed by atoms with Gasteiger partial charge in [-0.3, -0.25) is 0 Å². The quantitative estimate of drug-likeness (QED) is 0.167. The molecule has 7 nitrogen and oxygen atoms in total. The summed E-state index contributed by atoms with van der Waals surface area (Å²) in [7, 11) is 1.62. The number of hydrogen-bond donors (Lipinski definition) is 1. The molecule has 0 radical (unpaired) electrons. The molecule has 0 aliphatic carbocycles. The van der Waals surface area contributed by atoms with Crippen LogP contribution < -0.4 is 9.80 Å². The van der Waals surface area contributed by atoms with Gasteiger partial charge < -0.3 is 19.7 Å².